The molecule has 2 rings (SSSR count). The van der Waals surface area contributed by atoms with Crippen LogP contribution in [-0.4, -0.2) is 15.6 Å². The third kappa shape index (κ3) is 3.29. The summed E-state index contributed by atoms with van der Waals surface area (Å²) >= 11 is 0. The van der Waals surface area contributed by atoms with Crippen LogP contribution in [0.5, 0.6) is 0 Å². The highest BCUT2D eigenvalue weighted by Gasteiger charge is 2.13. The van der Waals surface area contributed by atoms with Gasteiger partial charge in [-0.2, -0.15) is 5.10 Å². The fraction of sp³-hybridized carbons (Fsp3) is 0.333. The lowest BCUT2D eigenvalue weighted by Crippen LogP contribution is -2.14. The molecule has 100 valence electrons. The van der Waals surface area contributed by atoms with Gasteiger partial charge in [0.1, 0.15) is 5.69 Å². The number of nitrogens with two attached hydrogens (primary N) is 1. The van der Waals surface area contributed by atoms with Crippen molar-refractivity contribution in [1.29, 1.82) is 0 Å². The van der Waals surface area contributed by atoms with E-state index in [1.165, 1.54) is 0 Å². The van der Waals surface area contributed by atoms with Crippen molar-refractivity contribution in [2.45, 2.75) is 32.4 Å². The molecule has 0 spiro atoms. The van der Waals surface area contributed by atoms with Crippen molar-refractivity contribution >= 4 is 5.78 Å². The number of rotatable bonds is 6. The zero-order chi connectivity index (χ0) is 13.7. The van der Waals surface area contributed by atoms with Gasteiger partial charge in [-0.05, 0) is 25.0 Å². The zero-order valence-electron chi connectivity index (χ0n) is 11.1. The number of hydrogen-bond acceptors (Lipinski definition) is 3. The first kappa shape index (κ1) is 13.5. The molecule has 0 aliphatic heterocycles. The Morgan fingerprint density at radius 3 is 2.74 bits per heavy atom. The highest BCUT2D eigenvalue weighted by Crippen LogP contribution is 2.17. The number of aryl methyl sites for hydroxylation is 1. The maximum Gasteiger partial charge on any atom is 0.180 e. The molecular formula is C15H19N3O. The van der Waals surface area contributed by atoms with E-state index < -0.39 is 0 Å². The predicted molar refractivity (Wildman–Crippen MR) is 74.8 cm³/mol. The van der Waals surface area contributed by atoms with Crippen LogP contribution >= 0.6 is 0 Å². The van der Waals surface area contributed by atoms with Crippen molar-refractivity contribution in [3.63, 3.8) is 0 Å². The average Bonchev–Trinajstić information content (AvgIpc) is 2.93. The molecule has 1 aromatic heterocycles. The Morgan fingerprint density at radius 1 is 1.32 bits per heavy atom. The summed E-state index contributed by atoms with van der Waals surface area (Å²) < 4.78 is 1.72. The van der Waals surface area contributed by atoms with Gasteiger partial charge in [0.2, 0.25) is 0 Å². The maximum atomic E-state index is 12.1. The molecule has 0 amide bonds. The minimum Gasteiger partial charge on any atom is -0.324 e. The molecule has 2 aromatic rings. The highest BCUT2D eigenvalue weighted by molar-refractivity contribution is 5.94. The van der Waals surface area contributed by atoms with E-state index in [4.69, 9.17) is 5.73 Å². The second kappa shape index (κ2) is 6.29. The largest absolute Gasteiger partial charge is 0.324 e. The van der Waals surface area contributed by atoms with Gasteiger partial charge in [0.15, 0.2) is 5.78 Å². The summed E-state index contributed by atoms with van der Waals surface area (Å²) in [7, 11) is 0. The SMILES string of the molecule is CCn1nccc1C(=O)CCC(N)c1ccccc1. The van der Waals surface area contributed by atoms with Gasteiger partial charge < -0.3 is 5.73 Å². The molecule has 1 aromatic carbocycles. The van der Waals surface area contributed by atoms with Gasteiger partial charge in [-0.1, -0.05) is 30.3 Å². The summed E-state index contributed by atoms with van der Waals surface area (Å²) in [5, 5.41) is 4.11. The normalized spacial score (nSPS) is 12.3. The lowest BCUT2D eigenvalue weighted by Gasteiger charge is -2.11. The minimum atomic E-state index is -0.0943. The number of Topliss-reactive ketones (excluding diaryl/α,β-unsaturated/α-hetero) is 1. The summed E-state index contributed by atoms with van der Waals surface area (Å²) in [5.74, 6) is 0.103. The minimum absolute atomic E-state index is 0.0943. The van der Waals surface area contributed by atoms with Gasteiger partial charge in [-0.25, -0.2) is 0 Å². The number of hydrogen-bond donors (Lipinski definition) is 1. The Hall–Kier alpha value is -1.94. The van der Waals surface area contributed by atoms with E-state index >= 15 is 0 Å². The summed E-state index contributed by atoms with van der Waals surface area (Å²) in [4.78, 5) is 12.1. The van der Waals surface area contributed by atoms with Crippen LogP contribution < -0.4 is 5.73 Å². The van der Waals surface area contributed by atoms with E-state index in [0.29, 0.717) is 25.1 Å². The summed E-state index contributed by atoms with van der Waals surface area (Å²) in [6.07, 6.45) is 2.76. The van der Waals surface area contributed by atoms with Crippen molar-refractivity contribution in [2.24, 2.45) is 5.73 Å². The number of nitrogens with zero attached hydrogens (tertiary/aromatic N) is 2. The molecule has 19 heavy (non-hydrogen) atoms. The smallest absolute Gasteiger partial charge is 0.180 e. The number of ketones is 1. The second-order valence-corrected chi connectivity index (χ2v) is 4.51. The van der Waals surface area contributed by atoms with E-state index in [-0.39, 0.29) is 11.8 Å². The van der Waals surface area contributed by atoms with E-state index in [9.17, 15) is 4.79 Å². The topological polar surface area (TPSA) is 60.9 Å². The molecule has 2 N–H and O–H groups in total. The molecule has 0 bridgehead atoms. The first-order chi connectivity index (χ1) is 9.22. The van der Waals surface area contributed by atoms with Crippen molar-refractivity contribution in [2.75, 3.05) is 0 Å². The van der Waals surface area contributed by atoms with Crippen LogP contribution in [0.1, 0.15) is 41.9 Å². The van der Waals surface area contributed by atoms with Gasteiger partial charge >= 0.3 is 0 Å². The molecule has 1 heterocycles. The molecule has 0 aliphatic rings. The van der Waals surface area contributed by atoms with Gasteiger partial charge in [-0.15, -0.1) is 0 Å². The fourth-order valence-electron chi connectivity index (χ4n) is 2.10. The van der Waals surface area contributed by atoms with Gasteiger partial charge in [-0.3, -0.25) is 9.48 Å². The molecule has 0 saturated carbocycles. The second-order valence-electron chi connectivity index (χ2n) is 4.51. The number of aromatic nitrogens is 2. The van der Waals surface area contributed by atoms with Crippen molar-refractivity contribution in [3.8, 4) is 0 Å². The lowest BCUT2D eigenvalue weighted by molar-refractivity contribution is 0.0967. The van der Waals surface area contributed by atoms with Gasteiger partial charge in [0.05, 0.1) is 0 Å². The quantitative estimate of drug-likeness (QED) is 0.809. The first-order valence-corrected chi connectivity index (χ1v) is 6.58. The number of carbonyl (C=O) groups excluding carboxylic acids is 1. The van der Waals surface area contributed by atoms with Crippen LogP contribution in [0, 0.1) is 0 Å². The monoisotopic (exact) mass is 257 g/mol. The Balaban J connectivity index is 1.94. The molecule has 0 fully saturated rings. The van der Waals surface area contributed by atoms with Gasteiger partial charge in [0.25, 0.3) is 0 Å². The first-order valence-electron chi connectivity index (χ1n) is 6.58. The molecule has 0 radical (unpaired) electrons. The Morgan fingerprint density at radius 2 is 2.05 bits per heavy atom. The Kier molecular flexibility index (Phi) is 4.47. The van der Waals surface area contributed by atoms with Gasteiger partial charge in [0, 0.05) is 25.2 Å². The predicted octanol–water partition coefficient (Wildman–Crippen LogP) is 2.57. The van der Waals surface area contributed by atoms with Crippen LogP contribution in [0.3, 0.4) is 0 Å². The third-order valence-electron chi connectivity index (χ3n) is 3.21. The van der Waals surface area contributed by atoms with E-state index in [2.05, 4.69) is 5.10 Å². The van der Waals surface area contributed by atoms with Crippen LogP contribution in [0.25, 0.3) is 0 Å². The molecule has 1 unspecified atom stereocenters. The van der Waals surface area contributed by atoms with E-state index in [1.807, 2.05) is 37.3 Å². The molecule has 4 nitrogen and oxygen atoms in total. The molecule has 4 heteroatoms. The Labute approximate surface area is 113 Å². The van der Waals surface area contributed by atoms with Crippen LogP contribution in [0.15, 0.2) is 42.6 Å². The summed E-state index contributed by atoms with van der Waals surface area (Å²) in [6.45, 7) is 2.68. The molecular weight excluding hydrogens is 238 g/mol. The standard InChI is InChI=1S/C15H19N3O/c1-2-18-14(10-11-17-18)15(19)9-8-13(16)12-6-4-3-5-7-12/h3-7,10-11,13H,2,8-9,16H2,1H3. The zero-order valence-corrected chi connectivity index (χ0v) is 11.1. The third-order valence-corrected chi connectivity index (χ3v) is 3.21. The van der Waals surface area contributed by atoms with Crippen LogP contribution in [0.2, 0.25) is 0 Å². The molecule has 1 atom stereocenters. The summed E-state index contributed by atoms with van der Waals surface area (Å²) in [6, 6.07) is 11.5. The lowest BCUT2D eigenvalue weighted by atomic mass is 10.0. The van der Waals surface area contributed by atoms with E-state index in [1.54, 1.807) is 16.9 Å². The van der Waals surface area contributed by atoms with E-state index in [0.717, 1.165) is 5.56 Å². The maximum absolute atomic E-state index is 12.1. The number of carbonyl (C=O) groups is 1. The average molecular weight is 257 g/mol. The Bertz CT molecular complexity index is 533. The summed E-state index contributed by atoms with van der Waals surface area (Å²) in [5.41, 5.74) is 7.83. The fourth-order valence-corrected chi connectivity index (χ4v) is 2.10. The van der Waals surface area contributed by atoms with Crippen LogP contribution in [0.4, 0.5) is 0 Å². The van der Waals surface area contributed by atoms with Crippen molar-refractivity contribution < 1.29 is 4.79 Å². The van der Waals surface area contributed by atoms with Crippen LogP contribution in [-0.2, 0) is 6.54 Å². The van der Waals surface area contributed by atoms with Crippen molar-refractivity contribution in [3.05, 3.63) is 53.9 Å². The molecule has 0 aliphatic carbocycles. The van der Waals surface area contributed by atoms with Crippen molar-refractivity contribution in [1.82, 2.24) is 9.78 Å². The highest BCUT2D eigenvalue weighted by atomic mass is 16.1. The number of benzene rings is 1. The molecule has 0 saturated heterocycles.